The van der Waals surface area contributed by atoms with Crippen LogP contribution < -0.4 is 5.73 Å². The molecule has 5 heteroatoms. The van der Waals surface area contributed by atoms with Crippen LogP contribution in [0, 0.1) is 12.8 Å². The number of hydrogen-bond acceptors (Lipinski definition) is 3. The molecule has 1 aliphatic rings. The lowest BCUT2D eigenvalue weighted by molar-refractivity contribution is -0.138. The zero-order valence-corrected chi connectivity index (χ0v) is 14.1. The number of thiophene rings is 1. The summed E-state index contributed by atoms with van der Waals surface area (Å²) >= 11 is 1.75. The highest BCUT2D eigenvalue weighted by atomic mass is 35.5. The molecule has 0 saturated heterocycles. The Labute approximate surface area is 131 Å². The Morgan fingerprint density at radius 2 is 2.20 bits per heavy atom. The summed E-state index contributed by atoms with van der Waals surface area (Å²) in [6.07, 6.45) is 4.15. The first-order chi connectivity index (χ1) is 8.90. The number of carbonyl (C=O) groups is 1. The predicted molar refractivity (Wildman–Crippen MR) is 87.3 cm³/mol. The molecule has 1 heterocycles. The molecular formula is C15H25ClN2OS. The van der Waals surface area contributed by atoms with Gasteiger partial charge in [-0.2, -0.15) is 0 Å². The van der Waals surface area contributed by atoms with Gasteiger partial charge in [0, 0.05) is 22.3 Å². The van der Waals surface area contributed by atoms with Crippen molar-refractivity contribution in [2.45, 2.75) is 51.6 Å². The van der Waals surface area contributed by atoms with Crippen molar-refractivity contribution >= 4 is 29.7 Å². The highest BCUT2D eigenvalue weighted by Crippen LogP contribution is 2.33. The molecule has 114 valence electrons. The molecule has 20 heavy (non-hydrogen) atoms. The lowest BCUT2D eigenvalue weighted by Crippen LogP contribution is -2.52. The van der Waals surface area contributed by atoms with E-state index in [4.69, 9.17) is 5.73 Å². The summed E-state index contributed by atoms with van der Waals surface area (Å²) in [7, 11) is 1.89. The van der Waals surface area contributed by atoms with Crippen LogP contribution in [0.1, 0.15) is 42.4 Å². The van der Waals surface area contributed by atoms with Crippen LogP contribution in [0.25, 0.3) is 0 Å². The van der Waals surface area contributed by atoms with Crippen LogP contribution in [-0.2, 0) is 11.3 Å². The molecule has 0 aliphatic heterocycles. The minimum Gasteiger partial charge on any atom is -0.340 e. The minimum atomic E-state index is -0.338. The summed E-state index contributed by atoms with van der Waals surface area (Å²) in [5, 5.41) is 0. The summed E-state index contributed by atoms with van der Waals surface area (Å²) in [5.41, 5.74) is 5.98. The van der Waals surface area contributed by atoms with Gasteiger partial charge in [-0.05, 0) is 38.8 Å². The molecule has 2 N–H and O–H groups in total. The first kappa shape index (κ1) is 17.5. The summed E-state index contributed by atoms with van der Waals surface area (Å²) in [4.78, 5) is 16.9. The van der Waals surface area contributed by atoms with Crippen LogP contribution in [0.15, 0.2) is 12.1 Å². The number of aryl methyl sites for hydroxylation is 1. The average Bonchev–Trinajstić information content (AvgIpc) is 2.73. The number of halogens is 1. The second-order valence-corrected chi connectivity index (χ2v) is 7.38. The lowest BCUT2D eigenvalue weighted by Gasteiger charge is -2.39. The maximum absolute atomic E-state index is 12.6. The molecule has 2 rings (SSSR count). The fourth-order valence-electron chi connectivity index (χ4n) is 2.91. The summed E-state index contributed by atoms with van der Waals surface area (Å²) in [6, 6.07) is 4.21. The second kappa shape index (κ2) is 6.92. The molecule has 2 unspecified atom stereocenters. The molecule has 1 amide bonds. The predicted octanol–water partition coefficient (Wildman–Crippen LogP) is 3.34. The van der Waals surface area contributed by atoms with Crippen molar-refractivity contribution in [1.29, 1.82) is 0 Å². The van der Waals surface area contributed by atoms with Gasteiger partial charge in [0.1, 0.15) is 0 Å². The van der Waals surface area contributed by atoms with Gasteiger partial charge in [-0.1, -0.05) is 12.8 Å². The van der Waals surface area contributed by atoms with Crippen molar-refractivity contribution in [2.75, 3.05) is 7.05 Å². The van der Waals surface area contributed by atoms with Crippen LogP contribution in [0.3, 0.4) is 0 Å². The van der Waals surface area contributed by atoms with E-state index in [2.05, 4.69) is 19.1 Å². The van der Waals surface area contributed by atoms with Gasteiger partial charge in [-0.25, -0.2) is 0 Å². The molecule has 3 nitrogen and oxygen atoms in total. The van der Waals surface area contributed by atoms with E-state index in [0.717, 1.165) is 25.7 Å². The number of rotatable bonds is 3. The number of carbonyl (C=O) groups excluding carboxylic acids is 1. The van der Waals surface area contributed by atoms with Crippen LogP contribution >= 0.6 is 23.7 Å². The lowest BCUT2D eigenvalue weighted by atomic mass is 9.74. The van der Waals surface area contributed by atoms with Crippen molar-refractivity contribution in [2.24, 2.45) is 11.7 Å². The van der Waals surface area contributed by atoms with Crippen molar-refractivity contribution in [1.82, 2.24) is 4.90 Å². The number of hydrogen-bond donors (Lipinski definition) is 1. The Morgan fingerprint density at radius 1 is 1.50 bits per heavy atom. The van der Waals surface area contributed by atoms with Gasteiger partial charge in [0.2, 0.25) is 5.91 Å². The fraction of sp³-hybridized carbons (Fsp3) is 0.667. The van der Waals surface area contributed by atoms with Crippen molar-refractivity contribution in [3.63, 3.8) is 0 Å². The third-order valence-corrected chi connectivity index (χ3v) is 5.10. The first-order valence-electron chi connectivity index (χ1n) is 6.99. The monoisotopic (exact) mass is 316 g/mol. The maximum Gasteiger partial charge on any atom is 0.227 e. The largest absolute Gasteiger partial charge is 0.340 e. The van der Waals surface area contributed by atoms with Gasteiger partial charge in [0.25, 0.3) is 0 Å². The highest BCUT2D eigenvalue weighted by molar-refractivity contribution is 7.11. The van der Waals surface area contributed by atoms with Crippen LogP contribution in [0.4, 0.5) is 0 Å². The fourth-order valence-corrected chi connectivity index (χ4v) is 3.86. The summed E-state index contributed by atoms with van der Waals surface area (Å²) in [5.74, 6) is 0.183. The molecule has 0 radical (unpaired) electrons. The standard InChI is InChI=1S/C15H24N2OS.ClH/c1-11-7-8-12(19-11)10-17(3)14(18)13-6-4-5-9-15(13,2)16;/h7-8,13H,4-6,9-10,16H2,1-3H3;1H. The molecule has 1 aliphatic carbocycles. The van der Waals surface area contributed by atoms with E-state index in [-0.39, 0.29) is 29.8 Å². The van der Waals surface area contributed by atoms with E-state index in [1.807, 2.05) is 18.9 Å². The molecule has 1 fully saturated rings. The SMILES string of the molecule is Cc1ccc(CN(C)C(=O)C2CCCCC2(C)N)s1.Cl. The molecule has 0 aromatic carbocycles. The van der Waals surface area contributed by atoms with Gasteiger partial charge < -0.3 is 10.6 Å². The van der Waals surface area contributed by atoms with Crippen molar-refractivity contribution in [3.8, 4) is 0 Å². The van der Waals surface area contributed by atoms with Crippen molar-refractivity contribution in [3.05, 3.63) is 21.9 Å². The Kier molecular flexibility index (Phi) is 6.05. The van der Waals surface area contributed by atoms with Gasteiger partial charge in [0.05, 0.1) is 12.5 Å². The quantitative estimate of drug-likeness (QED) is 0.929. The molecule has 1 aromatic rings. The number of nitrogens with zero attached hydrogens (tertiary/aromatic N) is 1. The van der Waals surface area contributed by atoms with Crippen LogP contribution in [0.5, 0.6) is 0 Å². The van der Waals surface area contributed by atoms with E-state index >= 15 is 0 Å². The van der Waals surface area contributed by atoms with Crippen molar-refractivity contribution < 1.29 is 4.79 Å². The minimum absolute atomic E-state index is 0. The van der Waals surface area contributed by atoms with Gasteiger partial charge >= 0.3 is 0 Å². The molecule has 1 saturated carbocycles. The van der Waals surface area contributed by atoms with Gasteiger partial charge in [0.15, 0.2) is 0 Å². The van der Waals surface area contributed by atoms with Crippen LogP contribution in [0.2, 0.25) is 0 Å². The van der Waals surface area contributed by atoms with E-state index < -0.39 is 0 Å². The third kappa shape index (κ3) is 3.96. The molecule has 2 atom stereocenters. The van der Waals surface area contributed by atoms with Gasteiger partial charge in [-0.3, -0.25) is 4.79 Å². The average molecular weight is 317 g/mol. The first-order valence-corrected chi connectivity index (χ1v) is 7.81. The summed E-state index contributed by atoms with van der Waals surface area (Å²) < 4.78 is 0. The number of amides is 1. The molecule has 0 spiro atoms. The summed E-state index contributed by atoms with van der Waals surface area (Å²) in [6.45, 7) is 4.82. The topological polar surface area (TPSA) is 46.3 Å². The Hall–Kier alpha value is -0.580. The Bertz CT molecular complexity index is 458. The highest BCUT2D eigenvalue weighted by Gasteiger charge is 2.39. The smallest absolute Gasteiger partial charge is 0.227 e. The van der Waals surface area contributed by atoms with E-state index in [0.29, 0.717) is 6.54 Å². The Morgan fingerprint density at radius 3 is 2.75 bits per heavy atom. The van der Waals surface area contributed by atoms with E-state index in [1.165, 1.54) is 9.75 Å². The van der Waals surface area contributed by atoms with E-state index in [1.54, 1.807) is 11.3 Å². The molecule has 1 aromatic heterocycles. The number of nitrogens with two attached hydrogens (primary N) is 1. The third-order valence-electron chi connectivity index (χ3n) is 4.12. The zero-order valence-electron chi connectivity index (χ0n) is 12.5. The maximum atomic E-state index is 12.6. The molecule has 0 bridgehead atoms. The van der Waals surface area contributed by atoms with E-state index in [9.17, 15) is 4.79 Å². The molecular weight excluding hydrogens is 292 g/mol. The van der Waals surface area contributed by atoms with Crippen LogP contribution in [-0.4, -0.2) is 23.4 Å². The Balaban J connectivity index is 0.00000200. The zero-order chi connectivity index (χ0) is 14.0. The van der Waals surface area contributed by atoms with Gasteiger partial charge in [-0.15, -0.1) is 23.7 Å². The second-order valence-electron chi connectivity index (χ2n) is 6.01. The normalized spacial score (nSPS) is 25.9.